The number of aryl methyl sites for hydroxylation is 1. The summed E-state index contributed by atoms with van der Waals surface area (Å²) in [6.07, 6.45) is 0. The molecule has 0 bridgehead atoms. The van der Waals surface area contributed by atoms with E-state index in [0.717, 1.165) is 18.8 Å². The zero-order valence-corrected chi connectivity index (χ0v) is 13.2. The number of hydrogen-bond acceptors (Lipinski definition) is 3. The van der Waals surface area contributed by atoms with Crippen molar-refractivity contribution in [3.05, 3.63) is 23.3 Å². The minimum atomic E-state index is 0.453. The molecule has 0 fully saturated rings. The molecule has 1 atom stereocenters. The number of benzene rings is 1. The van der Waals surface area contributed by atoms with E-state index in [1.54, 1.807) is 7.11 Å². The summed E-state index contributed by atoms with van der Waals surface area (Å²) in [7, 11) is 3.87. The molecule has 0 aliphatic heterocycles. The molecule has 3 heteroatoms. The fourth-order valence-electron chi connectivity index (χ4n) is 2.37. The van der Waals surface area contributed by atoms with Gasteiger partial charge in [0.15, 0.2) is 0 Å². The second-order valence-corrected chi connectivity index (χ2v) is 5.76. The molecule has 0 aliphatic carbocycles. The number of anilines is 1. The third-order valence-corrected chi connectivity index (χ3v) is 3.57. The summed E-state index contributed by atoms with van der Waals surface area (Å²) in [6, 6.07) is 4.39. The molecule has 0 amide bonds. The smallest absolute Gasteiger partial charge is 0.122 e. The lowest BCUT2D eigenvalue weighted by Crippen LogP contribution is -2.28. The second-order valence-electron chi connectivity index (χ2n) is 5.76. The Kier molecular flexibility index (Phi) is 5.67. The minimum absolute atomic E-state index is 0.453. The lowest BCUT2D eigenvalue weighted by Gasteiger charge is -2.26. The summed E-state index contributed by atoms with van der Waals surface area (Å²) in [5, 5.41) is 0. The van der Waals surface area contributed by atoms with Crippen molar-refractivity contribution in [1.82, 2.24) is 0 Å². The molecule has 1 aromatic rings. The van der Waals surface area contributed by atoms with E-state index in [4.69, 9.17) is 10.5 Å². The van der Waals surface area contributed by atoms with Gasteiger partial charge in [-0.3, -0.25) is 0 Å². The molecule has 0 saturated heterocycles. The minimum Gasteiger partial charge on any atom is -0.496 e. The molecule has 3 nitrogen and oxygen atoms in total. The van der Waals surface area contributed by atoms with Crippen molar-refractivity contribution >= 4 is 5.69 Å². The highest BCUT2D eigenvalue weighted by molar-refractivity contribution is 5.59. The third kappa shape index (κ3) is 3.87. The monoisotopic (exact) mass is 264 g/mol. The van der Waals surface area contributed by atoms with E-state index >= 15 is 0 Å². The van der Waals surface area contributed by atoms with Crippen LogP contribution in [-0.2, 0) is 0 Å². The highest BCUT2D eigenvalue weighted by Crippen LogP contribution is 2.33. The Morgan fingerprint density at radius 1 is 1.26 bits per heavy atom. The Balaban J connectivity index is 3.10. The van der Waals surface area contributed by atoms with Crippen LogP contribution in [-0.4, -0.2) is 27.2 Å². The van der Waals surface area contributed by atoms with Gasteiger partial charge < -0.3 is 15.4 Å². The van der Waals surface area contributed by atoms with Gasteiger partial charge in [-0.1, -0.05) is 20.8 Å². The summed E-state index contributed by atoms with van der Waals surface area (Å²) < 4.78 is 5.49. The van der Waals surface area contributed by atoms with Gasteiger partial charge in [0.05, 0.1) is 7.11 Å². The van der Waals surface area contributed by atoms with Crippen LogP contribution in [0.3, 0.4) is 0 Å². The van der Waals surface area contributed by atoms with Gasteiger partial charge in [-0.05, 0) is 48.6 Å². The Labute approximate surface area is 117 Å². The van der Waals surface area contributed by atoms with Crippen LogP contribution in [0, 0.1) is 12.8 Å². The molecule has 0 saturated carbocycles. The van der Waals surface area contributed by atoms with Gasteiger partial charge in [-0.15, -0.1) is 0 Å². The summed E-state index contributed by atoms with van der Waals surface area (Å²) >= 11 is 0. The largest absolute Gasteiger partial charge is 0.496 e. The molecule has 0 aliphatic rings. The predicted molar refractivity (Wildman–Crippen MR) is 83.3 cm³/mol. The van der Waals surface area contributed by atoms with Gasteiger partial charge in [0.2, 0.25) is 0 Å². The Hall–Kier alpha value is -1.22. The van der Waals surface area contributed by atoms with Gasteiger partial charge in [-0.25, -0.2) is 0 Å². The Morgan fingerprint density at radius 3 is 2.37 bits per heavy atom. The Bertz CT molecular complexity index is 415. The topological polar surface area (TPSA) is 38.5 Å². The molecule has 0 spiro atoms. The summed E-state index contributed by atoms with van der Waals surface area (Å²) in [5.74, 6) is 1.93. The first kappa shape index (κ1) is 15.8. The molecule has 0 radical (unpaired) electrons. The first-order valence-corrected chi connectivity index (χ1v) is 7.00. The highest BCUT2D eigenvalue weighted by atomic mass is 16.5. The standard InChI is InChI=1S/C16H28N2O/c1-11(2)14-8-15(13(4)7-16(14)19-6)18(5)10-12(3)9-17/h7-8,11-12H,9-10,17H2,1-6H3. The number of hydrogen-bond donors (Lipinski definition) is 1. The zero-order valence-electron chi connectivity index (χ0n) is 13.2. The molecule has 1 rings (SSSR count). The highest BCUT2D eigenvalue weighted by Gasteiger charge is 2.14. The summed E-state index contributed by atoms with van der Waals surface area (Å²) in [4.78, 5) is 2.29. The average Bonchev–Trinajstić information content (AvgIpc) is 2.37. The van der Waals surface area contributed by atoms with E-state index in [9.17, 15) is 0 Å². The maximum Gasteiger partial charge on any atom is 0.122 e. The Morgan fingerprint density at radius 2 is 1.89 bits per heavy atom. The van der Waals surface area contributed by atoms with Crippen molar-refractivity contribution in [2.75, 3.05) is 32.1 Å². The number of nitrogens with two attached hydrogens (primary N) is 1. The van der Waals surface area contributed by atoms with Crippen LogP contribution in [0.5, 0.6) is 5.75 Å². The van der Waals surface area contributed by atoms with Crippen LogP contribution in [0.4, 0.5) is 5.69 Å². The molecule has 1 unspecified atom stereocenters. The molecule has 19 heavy (non-hydrogen) atoms. The van der Waals surface area contributed by atoms with E-state index in [-0.39, 0.29) is 0 Å². The van der Waals surface area contributed by atoms with Gasteiger partial charge in [0, 0.05) is 19.3 Å². The quantitative estimate of drug-likeness (QED) is 0.857. The van der Waals surface area contributed by atoms with Crippen LogP contribution in [0.1, 0.15) is 37.8 Å². The maximum absolute atomic E-state index is 5.71. The van der Waals surface area contributed by atoms with Crippen molar-refractivity contribution in [3.8, 4) is 5.75 Å². The number of methoxy groups -OCH3 is 1. The molecular weight excluding hydrogens is 236 g/mol. The normalized spacial score (nSPS) is 12.6. The number of rotatable bonds is 6. The van der Waals surface area contributed by atoms with Crippen LogP contribution in [0.25, 0.3) is 0 Å². The van der Waals surface area contributed by atoms with E-state index in [1.807, 2.05) is 0 Å². The first-order valence-electron chi connectivity index (χ1n) is 7.00. The predicted octanol–water partition coefficient (Wildman–Crippen LogP) is 3.16. The lowest BCUT2D eigenvalue weighted by atomic mass is 9.98. The fraction of sp³-hybridized carbons (Fsp3) is 0.625. The third-order valence-electron chi connectivity index (χ3n) is 3.57. The van der Waals surface area contributed by atoms with Crippen molar-refractivity contribution in [2.45, 2.75) is 33.6 Å². The fourth-order valence-corrected chi connectivity index (χ4v) is 2.37. The van der Waals surface area contributed by atoms with Crippen molar-refractivity contribution in [1.29, 1.82) is 0 Å². The van der Waals surface area contributed by atoms with E-state index in [0.29, 0.717) is 11.8 Å². The van der Waals surface area contributed by atoms with Crippen LogP contribution >= 0.6 is 0 Å². The molecule has 1 aromatic carbocycles. The van der Waals surface area contributed by atoms with Crippen LogP contribution in [0.15, 0.2) is 12.1 Å². The van der Waals surface area contributed by atoms with Crippen LogP contribution in [0.2, 0.25) is 0 Å². The van der Waals surface area contributed by atoms with Gasteiger partial charge in [0.1, 0.15) is 5.75 Å². The molecule has 108 valence electrons. The number of nitrogens with zero attached hydrogens (tertiary/aromatic N) is 1. The molecule has 0 heterocycles. The van der Waals surface area contributed by atoms with Crippen molar-refractivity contribution < 1.29 is 4.74 Å². The first-order chi connectivity index (χ1) is 8.90. The van der Waals surface area contributed by atoms with Gasteiger partial charge in [-0.2, -0.15) is 0 Å². The van der Waals surface area contributed by atoms with Gasteiger partial charge >= 0.3 is 0 Å². The molecule has 0 aromatic heterocycles. The van der Waals surface area contributed by atoms with E-state index < -0.39 is 0 Å². The number of ether oxygens (including phenoxy) is 1. The maximum atomic E-state index is 5.71. The van der Waals surface area contributed by atoms with Crippen molar-refractivity contribution in [2.24, 2.45) is 11.7 Å². The second kappa shape index (κ2) is 6.80. The average molecular weight is 264 g/mol. The van der Waals surface area contributed by atoms with Crippen molar-refractivity contribution in [3.63, 3.8) is 0 Å². The van der Waals surface area contributed by atoms with E-state index in [1.165, 1.54) is 16.8 Å². The SMILES string of the molecule is COc1cc(C)c(N(C)CC(C)CN)cc1C(C)C. The molecule has 2 N–H and O–H groups in total. The summed E-state index contributed by atoms with van der Waals surface area (Å²) in [5.41, 5.74) is 9.48. The van der Waals surface area contributed by atoms with Crippen LogP contribution < -0.4 is 15.4 Å². The summed E-state index contributed by atoms with van der Waals surface area (Å²) in [6.45, 7) is 10.4. The molecular formula is C16H28N2O. The van der Waals surface area contributed by atoms with E-state index in [2.05, 4.69) is 51.8 Å². The zero-order chi connectivity index (χ0) is 14.6. The lowest BCUT2D eigenvalue weighted by molar-refractivity contribution is 0.407. The van der Waals surface area contributed by atoms with Gasteiger partial charge in [0.25, 0.3) is 0 Å².